The molecule has 5 nitrogen and oxygen atoms in total. The third-order valence-corrected chi connectivity index (χ3v) is 3.64. The Hall–Kier alpha value is -2.34. The van der Waals surface area contributed by atoms with E-state index in [1.165, 1.54) is 18.4 Å². The molecule has 1 aromatic heterocycles. The molecule has 3 N–H and O–H groups in total. The summed E-state index contributed by atoms with van der Waals surface area (Å²) in [4.78, 5) is 11.8. The lowest BCUT2D eigenvalue weighted by molar-refractivity contribution is 0.129. The lowest BCUT2D eigenvalue weighted by Gasteiger charge is -2.17. The average molecular weight is 334 g/mol. The SMILES string of the molecule is CC(CC(O)c1ccco1)NC(=O)NCCCc1cccc(F)c1. The number of urea groups is 1. The first kappa shape index (κ1) is 18.0. The Morgan fingerprint density at radius 2 is 2.17 bits per heavy atom. The van der Waals surface area contributed by atoms with Gasteiger partial charge in [-0.1, -0.05) is 12.1 Å². The van der Waals surface area contributed by atoms with Crippen molar-refractivity contribution in [3.63, 3.8) is 0 Å². The molecule has 0 saturated heterocycles. The van der Waals surface area contributed by atoms with Crippen LogP contribution < -0.4 is 10.6 Å². The van der Waals surface area contributed by atoms with Crippen molar-refractivity contribution in [1.82, 2.24) is 10.6 Å². The van der Waals surface area contributed by atoms with E-state index in [1.54, 1.807) is 18.2 Å². The summed E-state index contributed by atoms with van der Waals surface area (Å²) in [5, 5.41) is 15.5. The Morgan fingerprint density at radius 3 is 2.88 bits per heavy atom. The van der Waals surface area contributed by atoms with Crippen LogP contribution in [0.15, 0.2) is 47.1 Å². The standard InChI is InChI=1S/C18H23FN2O3/c1-13(11-16(22)17-8-4-10-24-17)21-18(23)20-9-3-6-14-5-2-7-15(19)12-14/h2,4-5,7-8,10,12-13,16,22H,3,6,9,11H2,1H3,(H2,20,21,23). The van der Waals surface area contributed by atoms with Gasteiger partial charge in [-0.15, -0.1) is 0 Å². The summed E-state index contributed by atoms with van der Waals surface area (Å²) >= 11 is 0. The zero-order valence-corrected chi connectivity index (χ0v) is 13.7. The quantitative estimate of drug-likeness (QED) is 0.649. The van der Waals surface area contributed by atoms with E-state index in [-0.39, 0.29) is 17.9 Å². The van der Waals surface area contributed by atoms with Crippen molar-refractivity contribution in [3.05, 3.63) is 59.8 Å². The topological polar surface area (TPSA) is 74.5 Å². The molecule has 0 spiro atoms. The molecule has 2 aromatic rings. The number of aliphatic hydroxyl groups is 1. The van der Waals surface area contributed by atoms with Gasteiger partial charge in [0.05, 0.1) is 6.26 Å². The maximum absolute atomic E-state index is 13.0. The van der Waals surface area contributed by atoms with Crippen LogP contribution in [0.4, 0.5) is 9.18 Å². The summed E-state index contributed by atoms with van der Waals surface area (Å²) in [5.74, 6) is 0.237. The van der Waals surface area contributed by atoms with Gasteiger partial charge in [0.25, 0.3) is 0 Å². The van der Waals surface area contributed by atoms with E-state index in [2.05, 4.69) is 10.6 Å². The number of carbonyl (C=O) groups is 1. The van der Waals surface area contributed by atoms with Crippen molar-refractivity contribution in [2.75, 3.05) is 6.54 Å². The number of benzene rings is 1. The van der Waals surface area contributed by atoms with Crippen LogP contribution in [0.3, 0.4) is 0 Å². The molecule has 2 atom stereocenters. The fourth-order valence-electron chi connectivity index (χ4n) is 2.45. The lowest BCUT2D eigenvalue weighted by atomic mass is 10.1. The smallest absolute Gasteiger partial charge is 0.314 e. The van der Waals surface area contributed by atoms with E-state index in [9.17, 15) is 14.3 Å². The number of carbonyl (C=O) groups excluding carboxylic acids is 1. The molecule has 24 heavy (non-hydrogen) atoms. The maximum Gasteiger partial charge on any atom is 0.314 e. The van der Waals surface area contributed by atoms with E-state index in [0.717, 1.165) is 12.0 Å². The Bertz CT molecular complexity index is 631. The highest BCUT2D eigenvalue weighted by molar-refractivity contribution is 5.74. The summed E-state index contributed by atoms with van der Waals surface area (Å²) in [7, 11) is 0. The predicted molar refractivity (Wildman–Crippen MR) is 89.0 cm³/mol. The third-order valence-electron chi connectivity index (χ3n) is 3.64. The number of aryl methyl sites for hydroxylation is 1. The second kappa shape index (κ2) is 9.08. The minimum Gasteiger partial charge on any atom is -0.467 e. The van der Waals surface area contributed by atoms with Gasteiger partial charge in [0, 0.05) is 19.0 Å². The zero-order chi connectivity index (χ0) is 17.4. The van der Waals surface area contributed by atoms with Crippen molar-refractivity contribution in [2.24, 2.45) is 0 Å². The van der Waals surface area contributed by atoms with E-state index in [0.29, 0.717) is 25.1 Å². The predicted octanol–water partition coefficient (Wildman–Crippen LogP) is 3.16. The number of amides is 2. The molecule has 2 rings (SSSR count). The molecule has 130 valence electrons. The van der Waals surface area contributed by atoms with Crippen LogP contribution in [-0.2, 0) is 6.42 Å². The van der Waals surface area contributed by atoms with Crippen molar-refractivity contribution >= 4 is 6.03 Å². The summed E-state index contributed by atoms with van der Waals surface area (Å²) in [5.41, 5.74) is 0.909. The minimum atomic E-state index is -0.747. The highest BCUT2D eigenvalue weighted by atomic mass is 19.1. The second-order valence-electron chi connectivity index (χ2n) is 5.80. The number of hydrogen-bond acceptors (Lipinski definition) is 3. The monoisotopic (exact) mass is 334 g/mol. The van der Waals surface area contributed by atoms with Gasteiger partial charge in [0.1, 0.15) is 17.7 Å². The number of aliphatic hydroxyl groups excluding tert-OH is 1. The van der Waals surface area contributed by atoms with Crippen molar-refractivity contribution < 1.29 is 18.7 Å². The van der Waals surface area contributed by atoms with E-state index in [4.69, 9.17) is 4.42 Å². The summed E-state index contributed by atoms with van der Waals surface area (Å²) < 4.78 is 18.2. The van der Waals surface area contributed by atoms with Gasteiger partial charge >= 0.3 is 6.03 Å². The van der Waals surface area contributed by atoms with Crippen LogP contribution in [0.25, 0.3) is 0 Å². The minimum absolute atomic E-state index is 0.201. The first-order valence-corrected chi connectivity index (χ1v) is 8.05. The molecule has 2 amide bonds. The van der Waals surface area contributed by atoms with Crippen molar-refractivity contribution in [3.8, 4) is 0 Å². The molecule has 6 heteroatoms. The largest absolute Gasteiger partial charge is 0.467 e. The molecule has 0 bridgehead atoms. The first-order valence-electron chi connectivity index (χ1n) is 8.05. The molecule has 0 radical (unpaired) electrons. The Kier molecular flexibility index (Phi) is 6.81. The van der Waals surface area contributed by atoms with Crippen LogP contribution in [-0.4, -0.2) is 23.7 Å². The molecule has 2 unspecified atom stereocenters. The van der Waals surface area contributed by atoms with Crippen molar-refractivity contribution in [2.45, 2.75) is 38.3 Å². The van der Waals surface area contributed by atoms with Crippen LogP contribution in [0.5, 0.6) is 0 Å². The lowest BCUT2D eigenvalue weighted by Crippen LogP contribution is -2.41. The van der Waals surface area contributed by atoms with Gasteiger partial charge in [0.15, 0.2) is 0 Å². The maximum atomic E-state index is 13.0. The fourth-order valence-corrected chi connectivity index (χ4v) is 2.45. The van der Waals surface area contributed by atoms with Crippen LogP contribution >= 0.6 is 0 Å². The number of rotatable bonds is 8. The second-order valence-corrected chi connectivity index (χ2v) is 5.80. The van der Waals surface area contributed by atoms with E-state index >= 15 is 0 Å². The summed E-state index contributed by atoms with van der Waals surface area (Å²) in [6.45, 7) is 2.31. The first-order chi connectivity index (χ1) is 11.5. The van der Waals surface area contributed by atoms with Gasteiger partial charge in [-0.25, -0.2) is 9.18 Å². The molecular weight excluding hydrogens is 311 g/mol. The number of hydrogen-bond donors (Lipinski definition) is 3. The Labute approximate surface area is 140 Å². The third kappa shape index (κ3) is 6.04. The molecule has 1 aromatic carbocycles. The van der Waals surface area contributed by atoms with Crippen molar-refractivity contribution in [1.29, 1.82) is 0 Å². The molecular formula is C18H23FN2O3. The van der Waals surface area contributed by atoms with Gasteiger partial charge in [-0.3, -0.25) is 0 Å². The van der Waals surface area contributed by atoms with Gasteiger partial charge < -0.3 is 20.2 Å². The number of furan rings is 1. The molecule has 1 heterocycles. The molecule has 0 saturated carbocycles. The van der Waals surface area contributed by atoms with E-state index < -0.39 is 6.10 Å². The summed E-state index contributed by atoms with van der Waals surface area (Å²) in [6.07, 6.45) is 2.54. The van der Waals surface area contributed by atoms with Gasteiger partial charge in [-0.05, 0) is 49.6 Å². The molecule has 0 aliphatic heterocycles. The van der Waals surface area contributed by atoms with Gasteiger partial charge in [0.2, 0.25) is 0 Å². The molecule has 0 aliphatic rings. The Morgan fingerprint density at radius 1 is 1.33 bits per heavy atom. The molecule has 0 aliphatic carbocycles. The summed E-state index contributed by atoms with van der Waals surface area (Å²) in [6, 6.07) is 9.37. The highest BCUT2D eigenvalue weighted by Gasteiger charge is 2.16. The zero-order valence-electron chi connectivity index (χ0n) is 13.7. The number of halogens is 1. The fraction of sp³-hybridized carbons (Fsp3) is 0.389. The van der Waals surface area contributed by atoms with Gasteiger partial charge in [-0.2, -0.15) is 0 Å². The number of nitrogens with one attached hydrogen (secondary N) is 2. The Balaban J connectivity index is 1.62. The van der Waals surface area contributed by atoms with Crippen LogP contribution in [0.2, 0.25) is 0 Å². The van der Waals surface area contributed by atoms with Crippen LogP contribution in [0.1, 0.15) is 37.2 Å². The molecule has 0 fully saturated rings. The normalized spacial score (nSPS) is 13.3. The highest BCUT2D eigenvalue weighted by Crippen LogP contribution is 2.18. The average Bonchev–Trinajstić information content (AvgIpc) is 3.06. The van der Waals surface area contributed by atoms with E-state index in [1.807, 2.05) is 13.0 Å². The van der Waals surface area contributed by atoms with Crippen LogP contribution in [0, 0.1) is 5.82 Å².